The molecule has 33 heavy (non-hydrogen) atoms. The van der Waals surface area contributed by atoms with Gasteiger partial charge < -0.3 is 5.32 Å². The lowest BCUT2D eigenvalue weighted by Crippen LogP contribution is -2.27. The number of hydrogen-bond acceptors (Lipinski definition) is 4. The summed E-state index contributed by atoms with van der Waals surface area (Å²) in [6, 6.07) is 15.8. The lowest BCUT2D eigenvalue weighted by molar-refractivity contribution is -0.116. The maximum atomic E-state index is 13.2. The predicted molar refractivity (Wildman–Crippen MR) is 131 cm³/mol. The van der Waals surface area contributed by atoms with Crippen LogP contribution in [0.5, 0.6) is 0 Å². The van der Waals surface area contributed by atoms with Gasteiger partial charge in [-0.2, -0.15) is 5.10 Å². The fourth-order valence-electron chi connectivity index (χ4n) is 3.96. The van der Waals surface area contributed by atoms with Gasteiger partial charge in [-0.25, -0.2) is 9.67 Å². The number of amides is 1. The fourth-order valence-corrected chi connectivity index (χ4v) is 3.96. The second-order valence-corrected chi connectivity index (χ2v) is 8.21. The van der Waals surface area contributed by atoms with Gasteiger partial charge in [0.2, 0.25) is 5.91 Å². The van der Waals surface area contributed by atoms with E-state index in [9.17, 15) is 9.59 Å². The molecule has 2 aromatic heterocycles. The summed E-state index contributed by atoms with van der Waals surface area (Å²) in [5, 5.41) is 7.58. The van der Waals surface area contributed by atoms with Crippen molar-refractivity contribution >= 4 is 22.8 Å². The Kier molecular flexibility index (Phi) is 6.40. The summed E-state index contributed by atoms with van der Waals surface area (Å²) in [5.41, 5.74) is 6.26. The average Bonchev–Trinajstić information content (AvgIpc) is 3.14. The number of carbonyl (C=O) groups is 1. The van der Waals surface area contributed by atoms with Crippen LogP contribution in [0.4, 0.5) is 5.69 Å². The van der Waals surface area contributed by atoms with Crippen LogP contribution < -0.4 is 10.9 Å². The van der Waals surface area contributed by atoms with E-state index >= 15 is 0 Å². The van der Waals surface area contributed by atoms with Crippen molar-refractivity contribution < 1.29 is 4.79 Å². The molecule has 7 heteroatoms. The molecule has 0 fully saturated rings. The largest absolute Gasteiger partial charge is 0.326 e. The number of benzene rings is 2. The maximum Gasteiger partial charge on any atom is 0.273 e. The van der Waals surface area contributed by atoms with E-state index in [1.807, 2.05) is 69.3 Å². The number of rotatable bonds is 7. The summed E-state index contributed by atoms with van der Waals surface area (Å²) in [4.78, 5) is 30.4. The zero-order chi connectivity index (χ0) is 23.5. The van der Waals surface area contributed by atoms with E-state index in [0.717, 1.165) is 34.6 Å². The highest BCUT2D eigenvalue weighted by Crippen LogP contribution is 2.20. The molecule has 0 unspecified atom stereocenters. The first-order valence-corrected chi connectivity index (χ1v) is 11.4. The third-order valence-corrected chi connectivity index (χ3v) is 5.80. The SMILES string of the molecule is CCc1cccc(NC(=O)CCc2nc3c(C)nn(-c4ccc(C)cc4)c3n(CC)c2=O)c1. The van der Waals surface area contributed by atoms with Crippen LogP contribution in [0.3, 0.4) is 0 Å². The number of anilines is 1. The molecule has 1 N–H and O–H groups in total. The van der Waals surface area contributed by atoms with E-state index in [1.165, 1.54) is 0 Å². The van der Waals surface area contributed by atoms with Gasteiger partial charge in [-0.15, -0.1) is 0 Å². The highest BCUT2D eigenvalue weighted by molar-refractivity contribution is 5.90. The Labute approximate surface area is 193 Å². The standard InChI is InChI=1S/C26H29N5O2/c1-5-19-8-7-9-20(16-19)27-23(32)15-14-22-26(33)30(6-2)25-24(28-22)18(4)29-31(25)21-12-10-17(3)11-13-21/h7-13,16H,5-6,14-15H2,1-4H3,(H,27,32). The molecule has 2 aromatic carbocycles. The van der Waals surface area contributed by atoms with Gasteiger partial charge in [0.25, 0.3) is 5.56 Å². The minimum Gasteiger partial charge on any atom is -0.326 e. The van der Waals surface area contributed by atoms with Crippen molar-refractivity contribution in [3.05, 3.63) is 81.4 Å². The Balaban J connectivity index is 1.63. The van der Waals surface area contributed by atoms with Crippen LogP contribution in [-0.2, 0) is 24.2 Å². The smallest absolute Gasteiger partial charge is 0.273 e. The summed E-state index contributed by atoms with van der Waals surface area (Å²) >= 11 is 0. The molecule has 0 bridgehead atoms. The maximum absolute atomic E-state index is 13.2. The van der Waals surface area contributed by atoms with E-state index in [-0.39, 0.29) is 24.3 Å². The van der Waals surface area contributed by atoms with Gasteiger partial charge in [-0.3, -0.25) is 14.2 Å². The summed E-state index contributed by atoms with van der Waals surface area (Å²) in [6.45, 7) is 8.41. The molecule has 0 atom stereocenters. The molecule has 0 spiro atoms. The first-order chi connectivity index (χ1) is 15.9. The fraction of sp³-hybridized carbons (Fsp3) is 0.308. The average molecular weight is 444 g/mol. The number of hydrogen-bond donors (Lipinski definition) is 1. The number of aryl methyl sites for hydroxylation is 5. The van der Waals surface area contributed by atoms with Crippen molar-refractivity contribution in [3.8, 4) is 5.69 Å². The number of nitrogens with one attached hydrogen (secondary N) is 1. The van der Waals surface area contributed by atoms with Gasteiger partial charge in [-0.1, -0.05) is 36.8 Å². The molecule has 0 radical (unpaired) electrons. The highest BCUT2D eigenvalue weighted by Gasteiger charge is 2.19. The van der Waals surface area contributed by atoms with E-state index < -0.39 is 0 Å². The third kappa shape index (κ3) is 4.58. The van der Waals surface area contributed by atoms with Crippen LogP contribution in [0.25, 0.3) is 16.9 Å². The Morgan fingerprint density at radius 3 is 2.52 bits per heavy atom. The number of carbonyl (C=O) groups excluding carboxylic acids is 1. The van der Waals surface area contributed by atoms with Crippen LogP contribution in [0.15, 0.2) is 53.3 Å². The van der Waals surface area contributed by atoms with E-state index in [0.29, 0.717) is 23.4 Å². The summed E-state index contributed by atoms with van der Waals surface area (Å²) < 4.78 is 3.47. The quantitative estimate of drug-likeness (QED) is 0.460. The topological polar surface area (TPSA) is 81.8 Å². The Morgan fingerprint density at radius 2 is 1.82 bits per heavy atom. The van der Waals surface area contributed by atoms with Crippen LogP contribution in [0.1, 0.15) is 42.8 Å². The van der Waals surface area contributed by atoms with Crippen LogP contribution in [-0.4, -0.2) is 25.2 Å². The van der Waals surface area contributed by atoms with Gasteiger partial charge in [0.05, 0.1) is 11.4 Å². The van der Waals surface area contributed by atoms with Crippen molar-refractivity contribution in [2.75, 3.05) is 5.32 Å². The van der Waals surface area contributed by atoms with Crippen LogP contribution in [0, 0.1) is 13.8 Å². The lowest BCUT2D eigenvalue weighted by Gasteiger charge is -2.11. The minimum atomic E-state index is -0.181. The van der Waals surface area contributed by atoms with E-state index in [1.54, 1.807) is 9.25 Å². The first kappa shape index (κ1) is 22.5. The molecule has 2 heterocycles. The molecule has 0 aliphatic heterocycles. The molecule has 1 amide bonds. The van der Waals surface area contributed by atoms with Gasteiger partial charge >= 0.3 is 0 Å². The second kappa shape index (κ2) is 9.40. The van der Waals surface area contributed by atoms with Gasteiger partial charge in [0.1, 0.15) is 11.2 Å². The normalized spacial score (nSPS) is 11.2. The molecule has 0 aliphatic rings. The molecule has 4 aromatic rings. The Bertz CT molecular complexity index is 1370. The molecule has 0 aliphatic carbocycles. The molecule has 0 saturated carbocycles. The lowest BCUT2D eigenvalue weighted by atomic mass is 10.1. The van der Waals surface area contributed by atoms with Gasteiger partial charge in [0, 0.05) is 25.1 Å². The zero-order valence-corrected chi connectivity index (χ0v) is 19.6. The molecular weight excluding hydrogens is 414 g/mol. The summed E-state index contributed by atoms with van der Waals surface area (Å²) in [7, 11) is 0. The third-order valence-electron chi connectivity index (χ3n) is 5.80. The Hall–Kier alpha value is -3.74. The number of fused-ring (bicyclic) bond motifs is 1. The molecule has 4 rings (SSSR count). The predicted octanol–water partition coefficient (Wildman–Crippen LogP) is 4.35. The molecule has 7 nitrogen and oxygen atoms in total. The van der Waals surface area contributed by atoms with Gasteiger partial charge in [0.15, 0.2) is 5.65 Å². The number of nitrogens with zero attached hydrogens (tertiary/aromatic N) is 4. The monoisotopic (exact) mass is 443 g/mol. The summed E-state index contributed by atoms with van der Waals surface area (Å²) in [6.07, 6.45) is 1.35. The molecule has 170 valence electrons. The van der Waals surface area contributed by atoms with Crippen molar-refractivity contribution in [1.29, 1.82) is 0 Å². The number of aromatic nitrogens is 4. The van der Waals surface area contributed by atoms with Crippen molar-refractivity contribution in [2.45, 2.75) is 53.5 Å². The first-order valence-electron chi connectivity index (χ1n) is 11.4. The van der Waals surface area contributed by atoms with Gasteiger partial charge in [-0.05, 0) is 57.0 Å². The Morgan fingerprint density at radius 1 is 1.06 bits per heavy atom. The zero-order valence-electron chi connectivity index (χ0n) is 19.6. The van der Waals surface area contributed by atoms with Crippen LogP contribution >= 0.6 is 0 Å². The van der Waals surface area contributed by atoms with E-state index in [4.69, 9.17) is 0 Å². The minimum absolute atomic E-state index is 0.139. The highest BCUT2D eigenvalue weighted by atomic mass is 16.1. The molecular formula is C26H29N5O2. The van der Waals surface area contributed by atoms with E-state index in [2.05, 4.69) is 22.3 Å². The van der Waals surface area contributed by atoms with Crippen molar-refractivity contribution in [1.82, 2.24) is 19.3 Å². The summed E-state index contributed by atoms with van der Waals surface area (Å²) in [5.74, 6) is -0.139. The molecule has 0 saturated heterocycles. The second-order valence-electron chi connectivity index (χ2n) is 8.21. The van der Waals surface area contributed by atoms with Crippen molar-refractivity contribution in [2.24, 2.45) is 0 Å². The van der Waals surface area contributed by atoms with Crippen LogP contribution in [0.2, 0.25) is 0 Å². The van der Waals surface area contributed by atoms with Crippen molar-refractivity contribution in [3.63, 3.8) is 0 Å².